The fourth-order valence-corrected chi connectivity index (χ4v) is 2.77. The summed E-state index contributed by atoms with van der Waals surface area (Å²) in [6, 6.07) is 10.6. The summed E-state index contributed by atoms with van der Waals surface area (Å²) in [7, 11) is 3.09. The lowest BCUT2D eigenvalue weighted by molar-refractivity contribution is -0.115. The number of aryl methyl sites for hydroxylation is 1. The molecule has 3 aromatic rings. The lowest BCUT2D eigenvalue weighted by atomic mass is 10.1. The van der Waals surface area contributed by atoms with Gasteiger partial charge in [0, 0.05) is 17.1 Å². The van der Waals surface area contributed by atoms with Crippen molar-refractivity contribution in [1.29, 1.82) is 0 Å². The molecule has 0 radical (unpaired) electrons. The van der Waals surface area contributed by atoms with Gasteiger partial charge in [0.15, 0.2) is 11.5 Å². The number of carbonyl (C=O) groups excluding carboxylic acids is 1. The number of amides is 1. The molecule has 0 spiro atoms. The van der Waals surface area contributed by atoms with Gasteiger partial charge in [0.2, 0.25) is 5.91 Å². The number of nitrogens with zero attached hydrogens (tertiary/aromatic N) is 1. The van der Waals surface area contributed by atoms with Crippen molar-refractivity contribution in [2.24, 2.45) is 0 Å². The van der Waals surface area contributed by atoms with E-state index < -0.39 is 0 Å². The minimum atomic E-state index is -0.277. The normalized spacial score (nSPS) is 10.6. The Labute approximate surface area is 150 Å². The molecule has 0 aliphatic heterocycles. The monoisotopic (exact) mass is 353 g/mol. The van der Waals surface area contributed by atoms with Crippen LogP contribution in [0.15, 0.2) is 41.2 Å². The first-order chi connectivity index (χ1) is 12.5. The van der Waals surface area contributed by atoms with Crippen LogP contribution in [0, 0.1) is 6.92 Å². The summed E-state index contributed by atoms with van der Waals surface area (Å²) < 4.78 is 10.5. The van der Waals surface area contributed by atoms with E-state index in [-0.39, 0.29) is 17.9 Å². The van der Waals surface area contributed by atoms with E-state index in [4.69, 9.17) is 9.47 Å². The maximum absolute atomic E-state index is 12.5. The molecule has 0 fully saturated rings. The summed E-state index contributed by atoms with van der Waals surface area (Å²) in [4.78, 5) is 24.3. The molecule has 7 heteroatoms. The van der Waals surface area contributed by atoms with Crippen molar-refractivity contribution in [3.63, 3.8) is 0 Å². The Morgan fingerprint density at radius 3 is 2.46 bits per heavy atom. The molecule has 1 aromatic heterocycles. The van der Waals surface area contributed by atoms with E-state index in [1.807, 2.05) is 13.0 Å². The van der Waals surface area contributed by atoms with Crippen LogP contribution >= 0.6 is 0 Å². The van der Waals surface area contributed by atoms with E-state index in [9.17, 15) is 9.59 Å². The van der Waals surface area contributed by atoms with Gasteiger partial charge in [0.1, 0.15) is 0 Å². The van der Waals surface area contributed by atoms with Crippen LogP contribution in [-0.4, -0.2) is 30.3 Å². The van der Waals surface area contributed by atoms with Crippen molar-refractivity contribution in [2.45, 2.75) is 13.3 Å². The first-order valence-electron chi connectivity index (χ1n) is 8.02. The molecule has 0 aliphatic carbocycles. The van der Waals surface area contributed by atoms with Crippen LogP contribution in [0.1, 0.15) is 11.3 Å². The van der Waals surface area contributed by atoms with Crippen LogP contribution in [0.4, 0.5) is 5.69 Å². The largest absolute Gasteiger partial charge is 0.493 e. The van der Waals surface area contributed by atoms with Gasteiger partial charge >= 0.3 is 0 Å². The Morgan fingerprint density at radius 1 is 1.12 bits per heavy atom. The molecule has 0 atom stereocenters. The number of aromatic nitrogens is 2. The van der Waals surface area contributed by atoms with Crippen LogP contribution in [0.25, 0.3) is 10.8 Å². The van der Waals surface area contributed by atoms with Crippen molar-refractivity contribution in [2.75, 3.05) is 19.5 Å². The molecular weight excluding hydrogens is 334 g/mol. The zero-order valence-electron chi connectivity index (χ0n) is 14.8. The van der Waals surface area contributed by atoms with E-state index in [1.54, 1.807) is 37.4 Å². The predicted octanol–water partition coefficient (Wildman–Crippen LogP) is 2.43. The number of aromatic amines is 1. The molecule has 2 aromatic carbocycles. The molecular formula is C19H19N3O4. The fourth-order valence-electron chi connectivity index (χ4n) is 2.77. The third-order valence-corrected chi connectivity index (χ3v) is 4.11. The number of methoxy groups -OCH3 is 2. The molecule has 1 amide bonds. The maximum atomic E-state index is 12.5. The number of hydrogen-bond donors (Lipinski definition) is 2. The Hall–Kier alpha value is -3.35. The number of nitrogens with one attached hydrogen (secondary N) is 2. The summed E-state index contributed by atoms with van der Waals surface area (Å²) in [6.45, 7) is 1.87. The van der Waals surface area contributed by atoms with Gasteiger partial charge in [-0.05, 0) is 24.6 Å². The second-order valence-electron chi connectivity index (χ2n) is 5.79. The lowest BCUT2D eigenvalue weighted by Gasteiger charge is -2.13. The summed E-state index contributed by atoms with van der Waals surface area (Å²) in [5.41, 5.74) is 1.70. The Morgan fingerprint density at radius 2 is 1.77 bits per heavy atom. The number of carbonyl (C=O) groups is 1. The number of ether oxygens (including phenoxy) is 2. The number of hydrogen-bond acceptors (Lipinski definition) is 5. The molecule has 0 bridgehead atoms. The molecule has 134 valence electrons. The van der Waals surface area contributed by atoms with Crippen molar-refractivity contribution < 1.29 is 14.3 Å². The van der Waals surface area contributed by atoms with Crippen LogP contribution in [-0.2, 0) is 11.2 Å². The quantitative estimate of drug-likeness (QED) is 0.735. The lowest BCUT2D eigenvalue weighted by Crippen LogP contribution is -2.19. The standard InChI is InChI=1S/C19H19N3O4/c1-11-8-16(25-2)17(26-3)9-14(11)20-18(23)10-15-12-6-4-5-7-13(12)19(24)22-21-15/h4-9H,10H2,1-3H3,(H,20,23)(H,22,24). The maximum Gasteiger partial charge on any atom is 0.272 e. The average Bonchev–Trinajstić information content (AvgIpc) is 2.65. The van der Waals surface area contributed by atoms with E-state index in [1.165, 1.54) is 7.11 Å². The fraction of sp³-hybridized carbons (Fsp3) is 0.211. The molecule has 26 heavy (non-hydrogen) atoms. The van der Waals surface area contributed by atoms with Gasteiger partial charge in [-0.25, -0.2) is 5.10 Å². The average molecular weight is 353 g/mol. The summed E-state index contributed by atoms with van der Waals surface area (Å²) in [6.07, 6.45) is 0.0328. The first-order valence-corrected chi connectivity index (χ1v) is 8.02. The van der Waals surface area contributed by atoms with E-state index in [0.717, 1.165) is 5.56 Å². The minimum absolute atomic E-state index is 0.0328. The third kappa shape index (κ3) is 3.37. The van der Waals surface area contributed by atoms with Crippen LogP contribution < -0.4 is 20.3 Å². The number of fused-ring (bicyclic) bond motifs is 1. The third-order valence-electron chi connectivity index (χ3n) is 4.11. The molecule has 3 rings (SSSR count). The van der Waals surface area contributed by atoms with Crippen LogP contribution in [0.2, 0.25) is 0 Å². The Bertz CT molecular complexity index is 1030. The second-order valence-corrected chi connectivity index (χ2v) is 5.79. The van der Waals surface area contributed by atoms with Gasteiger partial charge < -0.3 is 14.8 Å². The number of benzene rings is 2. The van der Waals surface area contributed by atoms with Crippen molar-refractivity contribution in [1.82, 2.24) is 10.2 Å². The smallest absolute Gasteiger partial charge is 0.272 e. The van der Waals surface area contributed by atoms with Crippen LogP contribution in [0.3, 0.4) is 0 Å². The molecule has 7 nitrogen and oxygen atoms in total. The highest BCUT2D eigenvalue weighted by molar-refractivity contribution is 5.96. The van der Waals surface area contributed by atoms with Crippen molar-refractivity contribution in [3.8, 4) is 11.5 Å². The highest BCUT2D eigenvalue weighted by Gasteiger charge is 2.14. The SMILES string of the molecule is COc1cc(C)c(NC(=O)Cc2n[nH]c(=O)c3ccccc23)cc1OC. The van der Waals surface area contributed by atoms with Gasteiger partial charge in [-0.2, -0.15) is 5.10 Å². The number of anilines is 1. The zero-order valence-corrected chi connectivity index (χ0v) is 14.8. The summed E-state index contributed by atoms with van der Waals surface area (Å²) >= 11 is 0. The predicted molar refractivity (Wildman–Crippen MR) is 99.0 cm³/mol. The Balaban J connectivity index is 1.86. The zero-order chi connectivity index (χ0) is 18.7. The summed E-state index contributed by atoms with van der Waals surface area (Å²) in [5.74, 6) is 0.877. The first kappa shape index (κ1) is 17.5. The highest BCUT2D eigenvalue weighted by atomic mass is 16.5. The topological polar surface area (TPSA) is 93.3 Å². The molecule has 0 saturated carbocycles. The minimum Gasteiger partial charge on any atom is -0.493 e. The van der Waals surface area contributed by atoms with E-state index >= 15 is 0 Å². The van der Waals surface area contributed by atoms with Gasteiger partial charge in [0.05, 0.1) is 31.7 Å². The molecule has 0 aliphatic rings. The molecule has 0 saturated heterocycles. The van der Waals surface area contributed by atoms with Crippen molar-refractivity contribution in [3.05, 3.63) is 58.0 Å². The van der Waals surface area contributed by atoms with Gasteiger partial charge in [-0.3, -0.25) is 9.59 Å². The summed E-state index contributed by atoms with van der Waals surface area (Å²) in [5, 5.41) is 10.5. The molecule has 0 unspecified atom stereocenters. The highest BCUT2D eigenvalue weighted by Crippen LogP contribution is 2.33. The molecule has 1 heterocycles. The Kier molecular flexibility index (Phi) is 4.88. The van der Waals surface area contributed by atoms with Gasteiger partial charge in [-0.15, -0.1) is 0 Å². The van der Waals surface area contributed by atoms with Crippen LogP contribution in [0.5, 0.6) is 11.5 Å². The number of rotatable bonds is 5. The van der Waals surface area contributed by atoms with E-state index in [2.05, 4.69) is 15.5 Å². The molecule has 2 N–H and O–H groups in total. The van der Waals surface area contributed by atoms with E-state index in [0.29, 0.717) is 33.7 Å². The van der Waals surface area contributed by atoms with Gasteiger partial charge in [0.25, 0.3) is 5.56 Å². The second kappa shape index (κ2) is 7.26. The van der Waals surface area contributed by atoms with Gasteiger partial charge in [-0.1, -0.05) is 18.2 Å². The number of H-pyrrole nitrogens is 1. The van der Waals surface area contributed by atoms with Crippen molar-refractivity contribution >= 4 is 22.4 Å².